The molecule has 1 rings (SSSR count). The molecule has 19 heavy (non-hydrogen) atoms. The number of hydrogen-bond acceptors (Lipinski definition) is 6. The van der Waals surface area contributed by atoms with Crippen LogP contribution in [-0.4, -0.2) is 27.7 Å². The molecule has 104 valence electrons. The molecule has 0 saturated carbocycles. The quantitative estimate of drug-likeness (QED) is 0.409. The van der Waals surface area contributed by atoms with Crippen LogP contribution in [0.5, 0.6) is 0 Å². The van der Waals surface area contributed by atoms with E-state index in [1.165, 1.54) is 0 Å². The lowest BCUT2D eigenvalue weighted by Crippen LogP contribution is -2.33. The molecule has 1 unspecified atom stereocenters. The second-order valence-electron chi connectivity index (χ2n) is 3.48. The molecule has 0 aliphatic rings. The average Bonchev–Trinajstić information content (AvgIpc) is 2.35. The van der Waals surface area contributed by atoms with E-state index in [1.54, 1.807) is 30.3 Å². The molecule has 1 aromatic carbocycles. The third-order valence-corrected chi connectivity index (χ3v) is 2.92. The third kappa shape index (κ3) is 5.19. The molecule has 9 heteroatoms. The van der Waals surface area contributed by atoms with Crippen molar-refractivity contribution in [1.29, 1.82) is 0 Å². The van der Waals surface area contributed by atoms with E-state index in [-0.39, 0.29) is 6.61 Å². The molecule has 0 heterocycles. The summed E-state index contributed by atoms with van der Waals surface area (Å²) in [7, 11) is -4.85. The summed E-state index contributed by atoms with van der Waals surface area (Å²) in [6, 6.07) is 8.56. The second kappa shape index (κ2) is 6.44. The minimum atomic E-state index is -4.85. The minimum Gasteiger partial charge on any atom is -0.429 e. The summed E-state index contributed by atoms with van der Waals surface area (Å²) < 4.78 is 19.3. The van der Waals surface area contributed by atoms with Crippen molar-refractivity contribution in [2.24, 2.45) is 5.73 Å². The average molecular weight is 289 g/mol. The zero-order valence-electron chi connectivity index (χ0n) is 9.63. The Hall–Kier alpha value is -1.73. The standard InChI is InChI=1S/C10H12NO7P/c11-8(19(14,15)16)9(12)18-10(13)17-6-7-4-2-1-3-5-7/h1-5,8H,6,11H2,(H2,14,15,16). The molecule has 0 aliphatic carbocycles. The molecule has 0 aliphatic heterocycles. The molecule has 1 aromatic rings. The largest absolute Gasteiger partial charge is 0.516 e. The Balaban J connectivity index is 2.44. The van der Waals surface area contributed by atoms with Crippen molar-refractivity contribution in [3.8, 4) is 0 Å². The van der Waals surface area contributed by atoms with Gasteiger partial charge in [0.05, 0.1) is 0 Å². The van der Waals surface area contributed by atoms with Gasteiger partial charge in [-0.1, -0.05) is 30.3 Å². The van der Waals surface area contributed by atoms with Crippen LogP contribution in [0.2, 0.25) is 0 Å². The number of carbonyl (C=O) groups is 2. The first-order valence-electron chi connectivity index (χ1n) is 5.04. The van der Waals surface area contributed by atoms with Gasteiger partial charge in [-0.05, 0) is 5.56 Å². The van der Waals surface area contributed by atoms with Crippen LogP contribution < -0.4 is 5.73 Å². The van der Waals surface area contributed by atoms with Crippen LogP contribution in [0.15, 0.2) is 30.3 Å². The summed E-state index contributed by atoms with van der Waals surface area (Å²) in [5.41, 5.74) is 5.56. The number of benzene rings is 1. The maximum atomic E-state index is 11.1. The summed E-state index contributed by atoms with van der Waals surface area (Å²) in [6.45, 7) is -0.141. The van der Waals surface area contributed by atoms with Gasteiger partial charge in [0.1, 0.15) is 6.61 Å². The molecule has 0 spiro atoms. The molecule has 1 atom stereocenters. The van der Waals surface area contributed by atoms with E-state index in [4.69, 9.17) is 15.5 Å². The Bertz CT molecular complexity index is 498. The number of ether oxygens (including phenoxy) is 2. The van der Waals surface area contributed by atoms with Crippen LogP contribution in [0.4, 0.5) is 4.79 Å². The van der Waals surface area contributed by atoms with Gasteiger partial charge in [0.15, 0.2) is 0 Å². The predicted octanol–water partition coefficient (Wildman–Crippen LogP) is 0.329. The number of hydrogen-bond donors (Lipinski definition) is 3. The zero-order chi connectivity index (χ0) is 14.5. The molecule has 0 fully saturated rings. The highest BCUT2D eigenvalue weighted by molar-refractivity contribution is 7.53. The fraction of sp³-hybridized carbons (Fsp3) is 0.200. The van der Waals surface area contributed by atoms with Crippen molar-refractivity contribution in [3.05, 3.63) is 35.9 Å². The smallest absolute Gasteiger partial charge is 0.429 e. The van der Waals surface area contributed by atoms with E-state index < -0.39 is 25.5 Å². The lowest BCUT2D eigenvalue weighted by Gasteiger charge is -2.11. The molecule has 0 aromatic heterocycles. The van der Waals surface area contributed by atoms with Gasteiger partial charge in [0.25, 0.3) is 0 Å². The molecule has 8 nitrogen and oxygen atoms in total. The van der Waals surface area contributed by atoms with Gasteiger partial charge in [0, 0.05) is 0 Å². The SMILES string of the molecule is NC(C(=O)OC(=O)OCc1ccccc1)P(=O)(O)O. The van der Waals surface area contributed by atoms with Crippen molar-refractivity contribution in [2.45, 2.75) is 12.4 Å². The summed E-state index contributed by atoms with van der Waals surface area (Å²) >= 11 is 0. The fourth-order valence-corrected chi connectivity index (χ4v) is 1.35. The van der Waals surface area contributed by atoms with Gasteiger partial charge >= 0.3 is 19.7 Å². The van der Waals surface area contributed by atoms with Crippen LogP contribution in [0.25, 0.3) is 0 Å². The number of esters is 1. The van der Waals surface area contributed by atoms with Crippen LogP contribution >= 0.6 is 7.60 Å². The summed E-state index contributed by atoms with van der Waals surface area (Å²) in [5, 5.41) is 0. The van der Waals surface area contributed by atoms with Crippen LogP contribution in [0, 0.1) is 0 Å². The Morgan fingerprint density at radius 3 is 2.37 bits per heavy atom. The molecule has 0 bridgehead atoms. The number of nitrogens with two attached hydrogens (primary N) is 1. The summed E-state index contributed by atoms with van der Waals surface area (Å²) in [5.74, 6) is -3.76. The molecule has 4 N–H and O–H groups in total. The van der Waals surface area contributed by atoms with Gasteiger partial charge in [-0.15, -0.1) is 0 Å². The predicted molar refractivity (Wildman–Crippen MR) is 62.7 cm³/mol. The molecule has 0 amide bonds. The maximum absolute atomic E-state index is 11.1. The van der Waals surface area contributed by atoms with Crippen molar-refractivity contribution in [3.63, 3.8) is 0 Å². The highest BCUT2D eigenvalue weighted by Gasteiger charge is 2.35. The lowest BCUT2D eigenvalue weighted by atomic mass is 10.2. The maximum Gasteiger partial charge on any atom is 0.516 e. The van der Waals surface area contributed by atoms with Crippen LogP contribution in [0.3, 0.4) is 0 Å². The molecule has 0 radical (unpaired) electrons. The molecular weight excluding hydrogens is 277 g/mol. The van der Waals surface area contributed by atoms with E-state index in [0.717, 1.165) is 0 Å². The van der Waals surface area contributed by atoms with Crippen LogP contribution in [-0.2, 0) is 25.4 Å². The normalized spacial score (nSPS) is 12.6. The lowest BCUT2D eigenvalue weighted by molar-refractivity contribution is -0.139. The van der Waals surface area contributed by atoms with E-state index >= 15 is 0 Å². The number of rotatable bonds is 4. The fourth-order valence-electron chi connectivity index (χ4n) is 1.03. The van der Waals surface area contributed by atoms with E-state index in [2.05, 4.69) is 9.47 Å². The summed E-state index contributed by atoms with van der Waals surface area (Å²) in [4.78, 5) is 39.4. The first-order chi connectivity index (χ1) is 8.80. The van der Waals surface area contributed by atoms with E-state index in [1.807, 2.05) is 0 Å². The van der Waals surface area contributed by atoms with Crippen LogP contribution in [0.1, 0.15) is 5.56 Å². The van der Waals surface area contributed by atoms with E-state index in [9.17, 15) is 14.2 Å². The van der Waals surface area contributed by atoms with Gasteiger partial charge in [-0.25, -0.2) is 9.59 Å². The summed E-state index contributed by atoms with van der Waals surface area (Å²) in [6.07, 6.45) is -1.38. The van der Waals surface area contributed by atoms with E-state index in [0.29, 0.717) is 5.56 Å². The van der Waals surface area contributed by atoms with Gasteiger partial charge in [-0.3, -0.25) is 4.57 Å². The Kier molecular flexibility index (Phi) is 5.20. The van der Waals surface area contributed by atoms with Crippen molar-refractivity contribution in [2.75, 3.05) is 0 Å². The highest BCUT2D eigenvalue weighted by atomic mass is 31.2. The van der Waals surface area contributed by atoms with Gasteiger partial charge < -0.3 is 25.0 Å². The Morgan fingerprint density at radius 1 is 1.26 bits per heavy atom. The van der Waals surface area contributed by atoms with Crippen molar-refractivity contribution >= 4 is 19.7 Å². The third-order valence-electron chi connectivity index (χ3n) is 1.99. The number of carbonyl (C=O) groups excluding carboxylic acids is 2. The minimum absolute atomic E-state index is 0.141. The van der Waals surface area contributed by atoms with Crippen molar-refractivity contribution in [1.82, 2.24) is 0 Å². The first-order valence-corrected chi connectivity index (χ1v) is 6.72. The zero-order valence-corrected chi connectivity index (χ0v) is 10.5. The van der Waals surface area contributed by atoms with Crippen molar-refractivity contribution < 1.29 is 33.4 Å². The first kappa shape index (κ1) is 15.3. The Labute approximate surface area is 108 Å². The van der Waals surface area contributed by atoms with Gasteiger partial charge in [-0.2, -0.15) is 0 Å². The highest BCUT2D eigenvalue weighted by Crippen LogP contribution is 2.38. The topological polar surface area (TPSA) is 136 Å². The Morgan fingerprint density at radius 2 is 1.84 bits per heavy atom. The van der Waals surface area contributed by atoms with Gasteiger partial charge in [0.2, 0.25) is 5.78 Å². The monoisotopic (exact) mass is 289 g/mol. The molecule has 0 saturated heterocycles. The molecular formula is C10H12NO7P. The second-order valence-corrected chi connectivity index (χ2v) is 5.21.